The first-order valence-electron chi connectivity index (χ1n) is 7.92. The van der Waals surface area contributed by atoms with E-state index in [4.69, 9.17) is 0 Å². The van der Waals surface area contributed by atoms with E-state index in [0.29, 0.717) is 12.1 Å². The summed E-state index contributed by atoms with van der Waals surface area (Å²) in [7, 11) is 0. The van der Waals surface area contributed by atoms with E-state index in [2.05, 4.69) is 22.1 Å². The van der Waals surface area contributed by atoms with E-state index < -0.39 is 0 Å². The van der Waals surface area contributed by atoms with Crippen molar-refractivity contribution in [2.75, 3.05) is 11.4 Å². The Kier molecular flexibility index (Phi) is 4.20. The predicted molar refractivity (Wildman–Crippen MR) is 79.3 cm³/mol. The first-order chi connectivity index (χ1) is 9.78. The van der Waals surface area contributed by atoms with Crippen LogP contribution in [-0.4, -0.2) is 23.6 Å². The molecule has 1 atom stereocenters. The van der Waals surface area contributed by atoms with Crippen molar-refractivity contribution in [2.45, 2.75) is 64.1 Å². The number of anilines is 1. The number of rotatable bonds is 5. The van der Waals surface area contributed by atoms with Gasteiger partial charge in [0.1, 0.15) is 11.6 Å². The van der Waals surface area contributed by atoms with Gasteiger partial charge in [0.25, 0.3) is 0 Å². The van der Waals surface area contributed by atoms with Crippen molar-refractivity contribution < 1.29 is 4.39 Å². The van der Waals surface area contributed by atoms with Crippen LogP contribution < -0.4 is 10.2 Å². The van der Waals surface area contributed by atoms with Gasteiger partial charge in [0, 0.05) is 30.7 Å². The van der Waals surface area contributed by atoms with Crippen LogP contribution in [0.3, 0.4) is 0 Å². The van der Waals surface area contributed by atoms with Crippen LogP contribution in [0.5, 0.6) is 0 Å². The number of pyridine rings is 1. The zero-order chi connectivity index (χ0) is 13.9. The van der Waals surface area contributed by atoms with Gasteiger partial charge in [-0.1, -0.05) is 6.92 Å². The number of hydrogen-bond donors (Lipinski definition) is 1. The lowest BCUT2D eigenvalue weighted by Crippen LogP contribution is -2.40. The number of halogens is 1. The van der Waals surface area contributed by atoms with E-state index in [9.17, 15) is 4.39 Å². The molecule has 1 aliphatic carbocycles. The molecular formula is C16H24FN3. The summed E-state index contributed by atoms with van der Waals surface area (Å²) in [5.74, 6) is 0.762. The molecule has 0 bridgehead atoms. The van der Waals surface area contributed by atoms with E-state index in [1.54, 1.807) is 6.07 Å². The molecule has 20 heavy (non-hydrogen) atoms. The first kappa shape index (κ1) is 13.8. The van der Waals surface area contributed by atoms with Crippen molar-refractivity contribution >= 4 is 5.82 Å². The second kappa shape index (κ2) is 6.08. The lowest BCUT2D eigenvalue weighted by molar-refractivity contribution is 0.444. The molecule has 4 heteroatoms. The largest absolute Gasteiger partial charge is 0.353 e. The minimum atomic E-state index is -0.230. The van der Waals surface area contributed by atoms with Gasteiger partial charge in [0.2, 0.25) is 0 Å². The third-order valence-corrected chi connectivity index (χ3v) is 4.44. The fourth-order valence-corrected chi connectivity index (χ4v) is 3.11. The van der Waals surface area contributed by atoms with Crippen LogP contribution in [0.15, 0.2) is 12.3 Å². The summed E-state index contributed by atoms with van der Waals surface area (Å²) in [5.41, 5.74) is 1.01. The van der Waals surface area contributed by atoms with Crippen LogP contribution in [0.4, 0.5) is 10.2 Å². The lowest BCUT2D eigenvalue weighted by Gasteiger charge is -2.37. The predicted octanol–water partition coefficient (Wildman–Crippen LogP) is 3.24. The Hall–Kier alpha value is -1.16. The first-order valence-corrected chi connectivity index (χ1v) is 7.92. The van der Waals surface area contributed by atoms with Gasteiger partial charge < -0.3 is 10.2 Å². The van der Waals surface area contributed by atoms with Gasteiger partial charge in [-0.25, -0.2) is 9.37 Å². The van der Waals surface area contributed by atoms with Crippen LogP contribution in [-0.2, 0) is 6.54 Å². The van der Waals surface area contributed by atoms with Gasteiger partial charge in [-0.2, -0.15) is 0 Å². The van der Waals surface area contributed by atoms with E-state index in [0.717, 1.165) is 30.9 Å². The molecule has 0 amide bonds. The molecule has 0 radical (unpaired) electrons. The molecule has 1 aromatic rings. The maximum Gasteiger partial charge on any atom is 0.141 e. The minimum absolute atomic E-state index is 0.230. The van der Waals surface area contributed by atoms with Crippen molar-refractivity contribution in [1.29, 1.82) is 0 Å². The summed E-state index contributed by atoms with van der Waals surface area (Å²) in [6, 6.07) is 2.84. The van der Waals surface area contributed by atoms with Crippen molar-refractivity contribution in [3.63, 3.8) is 0 Å². The van der Waals surface area contributed by atoms with Crippen LogP contribution in [0.25, 0.3) is 0 Å². The summed E-state index contributed by atoms with van der Waals surface area (Å²) < 4.78 is 13.5. The summed E-state index contributed by atoms with van der Waals surface area (Å²) in [4.78, 5) is 6.81. The molecule has 1 N–H and O–H groups in total. The number of piperidine rings is 1. The fraction of sp³-hybridized carbons (Fsp3) is 0.688. The van der Waals surface area contributed by atoms with Gasteiger partial charge in [-0.15, -0.1) is 0 Å². The Labute approximate surface area is 120 Å². The second-order valence-electron chi connectivity index (χ2n) is 6.04. The quantitative estimate of drug-likeness (QED) is 0.895. The molecule has 1 saturated carbocycles. The zero-order valence-corrected chi connectivity index (χ0v) is 12.2. The smallest absolute Gasteiger partial charge is 0.141 e. The second-order valence-corrected chi connectivity index (χ2v) is 6.04. The molecule has 2 fully saturated rings. The topological polar surface area (TPSA) is 28.2 Å². The molecule has 3 nitrogen and oxygen atoms in total. The number of nitrogens with zero attached hydrogens (tertiary/aromatic N) is 2. The van der Waals surface area contributed by atoms with Gasteiger partial charge in [-0.05, 0) is 44.6 Å². The molecule has 0 aromatic carbocycles. The summed E-state index contributed by atoms with van der Waals surface area (Å²) >= 11 is 0. The summed E-state index contributed by atoms with van der Waals surface area (Å²) in [6.07, 6.45) is 8.73. The number of aromatic nitrogens is 1. The van der Waals surface area contributed by atoms with Crippen molar-refractivity contribution in [2.24, 2.45) is 0 Å². The molecule has 2 heterocycles. The molecule has 1 saturated heterocycles. The molecule has 110 valence electrons. The maximum absolute atomic E-state index is 13.5. The Balaban J connectivity index is 1.81. The highest BCUT2D eigenvalue weighted by molar-refractivity contribution is 5.48. The highest BCUT2D eigenvalue weighted by atomic mass is 19.1. The standard InChI is InChI=1S/C16H24FN3/c1-2-15-5-3-4-8-20(15)16-12(9-13(17)11-19-16)10-18-14-6-7-14/h9,11,14-15,18H,2-8,10H2,1H3. The van der Waals surface area contributed by atoms with Gasteiger partial charge in [-0.3, -0.25) is 0 Å². The monoisotopic (exact) mass is 277 g/mol. The van der Waals surface area contributed by atoms with Crippen molar-refractivity contribution in [1.82, 2.24) is 10.3 Å². The van der Waals surface area contributed by atoms with E-state index in [-0.39, 0.29) is 5.82 Å². The van der Waals surface area contributed by atoms with Crippen molar-refractivity contribution in [3.8, 4) is 0 Å². The Bertz CT molecular complexity index is 459. The van der Waals surface area contributed by atoms with Crippen LogP contribution >= 0.6 is 0 Å². The molecule has 2 aliphatic rings. The minimum Gasteiger partial charge on any atom is -0.353 e. The van der Waals surface area contributed by atoms with Crippen LogP contribution in [0.2, 0.25) is 0 Å². The normalized spacial score (nSPS) is 23.1. The van der Waals surface area contributed by atoms with Gasteiger partial charge >= 0.3 is 0 Å². The Morgan fingerprint density at radius 2 is 2.20 bits per heavy atom. The Morgan fingerprint density at radius 1 is 1.35 bits per heavy atom. The molecular weight excluding hydrogens is 253 g/mol. The molecule has 1 unspecified atom stereocenters. The van der Waals surface area contributed by atoms with E-state index >= 15 is 0 Å². The van der Waals surface area contributed by atoms with E-state index in [1.807, 2.05) is 0 Å². The summed E-state index contributed by atoms with van der Waals surface area (Å²) in [6.45, 7) is 4.01. The lowest BCUT2D eigenvalue weighted by atomic mass is 9.99. The fourth-order valence-electron chi connectivity index (χ4n) is 3.11. The third-order valence-electron chi connectivity index (χ3n) is 4.44. The highest BCUT2D eigenvalue weighted by Gasteiger charge is 2.25. The Morgan fingerprint density at radius 3 is 2.95 bits per heavy atom. The van der Waals surface area contributed by atoms with E-state index in [1.165, 1.54) is 38.3 Å². The highest BCUT2D eigenvalue weighted by Crippen LogP contribution is 2.29. The average molecular weight is 277 g/mol. The van der Waals surface area contributed by atoms with Crippen LogP contribution in [0.1, 0.15) is 51.0 Å². The SMILES string of the molecule is CCC1CCCCN1c1ncc(F)cc1CNC1CC1. The van der Waals surface area contributed by atoms with Gasteiger partial charge in [0.05, 0.1) is 6.20 Å². The van der Waals surface area contributed by atoms with Gasteiger partial charge in [0.15, 0.2) is 0 Å². The average Bonchev–Trinajstić information content (AvgIpc) is 3.29. The molecule has 1 aromatic heterocycles. The number of nitrogens with one attached hydrogen (secondary N) is 1. The third kappa shape index (κ3) is 3.11. The van der Waals surface area contributed by atoms with Crippen molar-refractivity contribution in [3.05, 3.63) is 23.6 Å². The molecule has 1 aliphatic heterocycles. The zero-order valence-electron chi connectivity index (χ0n) is 12.2. The number of hydrogen-bond acceptors (Lipinski definition) is 3. The molecule has 0 spiro atoms. The maximum atomic E-state index is 13.5. The van der Waals surface area contributed by atoms with Crippen LogP contribution in [0, 0.1) is 5.82 Å². The molecule has 3 rings (SSSR count). The summed E-state index contributed by atoms with van der Waals surface area (Å²) in [5, 5.41) is 3.48.